The maximum absolute atomic E-state index is 3.56. The van der Waals surface area contributed by atoms with Crippen molar-refractivity contribution in [1.82, 2.24) is 10.2 Å². The van der Waals surface area contributed by atoms with Crippen LogP contribution in [-0.2, 0) is 0 Å². The molecule has 2 nitrogen and oxygen atoms in total. The van der Waals surface area contributed by atoms with Gasteiger partial charge in [0.25, 0.3) is 0 Å². The average molecular weight is 226 g/mol. The Labute approximate surface area is 102 Å². The summed E-state index contributed by atoms with van der Waals surface area (Å²) in [6.07, 6.45) is 5.26. The van der Waals surface area contributed by atoms with E-state index in [1.165, 1.54) is 38.8 Å². The van der Waals surface area contributed by atoms with Crippen LogP contribution in [0.25, 0.3) is 0 Å². The van der Waals surface area contributed by atoms with Crippen molar-refractivity contribution in [2.24, 2.45) is 5.41 Å². The fourth-order valence-electron chi connectivity index (χ4n) is 3.36. The van der Waals surface area contributed by atoms with Crippen molar-refractivity contribution in [1.29, 1.82) is 0 Å². The molecule has 1 aliphatic carbocycles. The molecule has 1 rings (SSSR count). The van der Waals surface area contributed by atoms with Crippen LogP contribution in [0.4, 0.5) is 0 Å². The summed E-state index contributed by atoms with van der Waals surface area (Å²) >= 11 is 0. The quantitative estimate of drug-likeness (QED) is 0.749. The summed E-state index contributed by atoms with van der Waals surface area (Å²) in [5, 5.41) is 3.56. The van der Waals surface area contributed by atoms with E-state index in [0.29, 0.717) is 11.5 Å². The van der Waals surface area contributed by atoms with E-state index in [0.717, 1.165) is 6.04 Å². The summed E-state index contributed by atoms with van der Waals surface area (Å²) in [6.45, 7) is 11.9. The molecule has 0 heterocycles. The van der Waals surface area contributed by atoms with Gasteiger partial charge >= 0.3 is 0 Å². The molecule has 2 heteroatoms. The summed E-state index contributed by atoms with van der Waals surface area (Å²) < 4.78 is 0. The Balaban J connectivity index is 2.69. The maximum Gasteiger partial charge on any atom is 0.0271 e. The molecule has 0 aliphatic heterocycles. The second-order valence-electron chi connectivity index (χ2n) is 5.90. The van der Waals surface area contributed by atoms with E-state index in [4.69, 9.17) is 0 Å². The zero-order chi connectivity index (χ0) is 12.2. The summed E-state index contributed by atoms with van der Waals surface area (Å²) in [5.74, 6) is 0. The zero-order valence-electron chi connectivity index (χ0n) is 11.8. The molecular weight excluding hydrogens is 196 g/mol. The smallest absolute Gasteiger partial charge is 0.0271 e. The van der Waals surface area contributed by atoms with E-state index in [9.17, 15) is 0 Å². The predicted molar refractivity (Wildman–Crippen MR) is 71.8 cm³/mol. The lowest BCUT2D eigenvalue weighted by atomic mass is 9.86. The summed E-state index contributed by atoms with van der Waals surface area (Å²) in [4.78, 5) is 2.70. The van der Waals surface area contributed by atoms with E-state index >= 15 is 0 Å². The van der Waals surface area contributed by atoms with Gasteiger partial charge in [-0.1, -0.05) is 27.7 Å². The lowest BCUT2D eigenvalue weighted by molar-refractivity contribution is 0.148. The Morgan fingerprint density at radius 2 is 1.75 bits per heavy atom. The summed E-state index contributed by atoms with van der Waals surface area (Å²) in [5.41, 5.74) is 0.457. The summed E-state index contributed by atoms with van der Waals surface area (Å²) in [6, 6.07) is 1.41. The maximum atomic E-state index is 3.56. The van der Waals surface area contributed by atoms with E-state index in [-0.39, 0.29) is 0 Å². The molecule has 1 saturated carbocycles. The minimum absolute atomic E-state index is 0.457. The summed E-state index contributed by atoms with van der Waals surface area (Å²) in [7, 11) is 2.13. The minimum Gasteiger partial charge on any atom is -0.315 e. The van der Waals surface area contributed by atoms with Crippen LogP contribution in [0, 0.1) is 5.41 Å². The molecule has 0 bridgehead atoms. The van der Waals surface area contributed by atoms with Crippen molar-refractivity contribution in [3.8, 4) is 0 Å². The highest BCUT2D eigenvalue weighted by Gasteiger charge is 2.42. The van der Waals surface area contributed by atoms with E-state index in [2.05, 4.69) is 45.0 Å². The van der Waals surface area contributed by atoms with Crippen LogP contribution in [0.2, 0.25) is 0 Å². The normalized spacial score (nSPS) is 28.9. The minimum atomic E-state index is 0.457. The van der Waals surface area contributed by atoms with Crippen molar-refractivity contribution >= 4 is 0 Å². The first-order valence-electron chi connectivity index (χ1n) is 6.98. The van der Waals surface area contributed by atoms with Crippen molar-refractivity contribution in [3.63, 3.8) is 0 Å². The third kappa shape index (κ3) is 2.98. The van der Waals surface area contributed by atoms with Crippen LogP contribution < -0.4 is 5.32 Å². The molecule has 0 saturated heterocycles. The van der Waals surface area contributed by atoms with E-state index in [1.807, 2.05) is 0 Å². The van der Waals surface area contributed by atoms with Gasteiger partial charge in [0.15, 0.2) is 0 Å². The first-order chi connectivity index (χ1) is 7.56. The fraction of sp³-hybridized carbons (Fsp3) is 1.00. The molecule has 2 unspecified atom stereocenters. The third-order valence-corrected chi connectivity index (χ3v) is 4.11. The Morgan fingerprint density at radius 3 is 2.19 bits per heavy atom. The third-order valence-electron chi connectivity index (χ3n) is 4.11. The highest BCUT2D eigenvalue weighted by atomic mass is 15.2. The van der Waals surface area contributed by atoms with Crippen LogP contribution in [0.15, 0.2) is 0 Å². The van der Waals surface area contributed by atoms with Crippen molar-refractivity contribution < 1.29 is 0 Å². The van der Waals surface area contributed by atoms with Gasteiger partial charge in [-0.05, 0) is 51.2 Å². The van der Waals surface area contributed by atoms with Crippen LogP contribution in [0.3, 0.4) is 0 Å². The van der Waals surface area contributed by atoms with Crippen LogP contribution in [-0.4, -0.2) is 37.1 Å². The van der Waals surface area contributed by atoms with Crippen molar-refractivity contribution in [3.05, 3.63) is 0 Å². The molecule has 0 spiro atoms. The molecule has 0 radical (unpaired) electrons. The largest absolute Gasteiger partial charge is 0.315 e. The highest BCUT2D eigenvalue weighted by molar-refractivity contribution is 5.00. The van der Waals surface area contributed by atoms with E-state index < -0.39 is 0 Å². The number of nitrogens with one attached hydrogen (secondary N) is 1. The standard InChI is InChI=1S/C14H30N2/c1-6-10-16(11-7-2)12-8-9-14(3,4)13(12)15-5/h12-13,15H,6-11H2,1-5H3. The lowest BCUT2D eigenvalue weighted by Gasteiger charge is -2.37. The van der Waals surface area contributed by atoms with Crippen LogP contribution >= 0.6 is 0 Å². The molecule has 16 heavy (non-hydrogen) atoms. The molecular formula is C14H30N2. The Kier molecular flexibility index (Phi) is 5.26. The van der Waals surface area contributed by atoms with Crippen LogP contribution in [0.1, 0.15) is 53.4 Å². The average Bonchev–Trinajstić information content (AvgIpc) is 2.53. The van der Waals surface area contributed by atoms with Crippen molar-refractivity contribution in [2.45, 2.75) is 65.5 Å². The molecule has 1 fully saturated rings. The molecule has 96 valence electrons. The number of nitrogens with zero attached hydrogens (tertiary/aromatic N) is 1. The molecule has 1 N–H and O–H groups in total. The van der Waals surface area contributed by atoms with Gasteiger partial charge in [0.1, 0.15) is 0 Å². The second kappa shape index (κ2) is 6.02. The first-order valence-corrected chi connectivity index (χ1v) is 6.98. The lowest BCUT2D eigenvalue weighted by Crippen LogP contribution is -2.51. The van der Waals surface area contributed by atoms with Gasteiger partial charge in [-0.2, -0.15) is 0 Å². The fourth-order valence-corrected chi connectivity index (χ4v) is 3.36. The molecule has 0 aromatic carbocycles. The Bertz CT molecular complexity index is 195. The zero-order valence-corrected chi connectivity index (χ0v) is 11.8. The number of rotatable bonds is 6. The van der Waals surface area contributed by atoms with Crippen LogP contribution in [0.5, 0.6) is 0 Å². The number of hydrogen-bond acceptors (Lipinski definition) is 2. The topological polar surface area (TPSA) is 15.3 Å². The van der Waals surface area contributed by atoms with Gasteiger partial charge in [-0.25, -0.2) is 0 Å². The monoisotopic (exact) mass is 226 g/mol. The van der Waals surface area contributed by atoms with Gasteiger partial charge in [0.2, 0.25) is 0 Å². The number of hydrogen-bond donors (Lipinski definition) is 1. The Hall–Kier alpha value is -0.0800. The van der Waals surface area contributed by atoms with Gasteiger partial charge in [-0.15, -0.1) is 0 Å². The molecule has 2 atom stereocenters. The van der Waals surface area contributed by atoms with E-state index in [1.54, 1.807) is 0 Å². The highest BCUT2D eigenvalue weighted by Crippen LogP contribution is 2.39. The van der Waals surface area contributed by atoms with Gasteiger partial charge in [0, 0.05) is 12.1 Å². The first kappa shape index (κ1) is 14.0. The molecule has 0 aromatic rings. The van der Waals surface area contributed by atoms with Gasteiger partial charge in [-0.3, -0.25) is 4.90 Å². The molecule has 0 aromatic heterocycles. The number of likely N-dealkylation sites (N-methyl/N-ethyl adjacent to an activating group) is 1. The second-order valence-corrected chi connectivity index (χ2v) is 5.90. The Morgan fingerprint density at radius 1 is 1.19 bits per heavy atom. The van der Waals surface area contributed by atoms with Gasteiger partial charge < -0.3 is 5.32 Å². The predicted octanol–water partition coefficient (Wildman–Crippen LogP) is 2.89. The molecule has 1 aliphatic rings. The molecule has 0 amide bonds. The van der Waals surface area contributed by atoms with Crippen molar-refractivity contribution in [2.75, 3.05) is 20.1 Å². The SMILES string of the molecule is CCCN(CCC)C1CCC(C)(C)C1NC. The van der Waals surface area contributed by atoms with Gasteiger partial charge in [0.05, 0.1) is 0 Å².